The Balaban J connectivity index is 1.28. The Morgan fingerprint density at radius 3 is 2.46 bits per heavy atom. The molecule has 3 heterocycles. The molecule has 8 nitrogen and oxygen atoms in total. The maximum absolute atomic E-state index is 12.9. The van der Waals surface area contributed by atoms with E-state index in [1.165, 1.54) is 13.3 Å². The molecule has 0 atom stereocenters. The molecule has 2 aromatic heterocycles. The van der Waals surface area contributed by atoms with Crippen LogP contribution >= 0.6 is 11.6 Å². The van der Waals surface area contributed by atoms with Crippen molar-refractivity contribution in [2.24, 2.45) is 11.8 Å². The molecule has 35 heavy (non-hydrogen) atoms. The third-order valence-electron chi connectivity index (χ3n) is 6.82. The molecule has 1 aliphatic carbocycles. The lowest BCUT2D eigenvalue weighted by Gasteiger charge is -2.34. The number of carbonyl (C=O) groups excluding carboxylic acids is 2. The van der Waals surface area contributed by atoms with Gasteiger partial charge < -0.3 is 15.0 Å². The summed E-state index contributed by atoms with van der Waals surface area (Å²) >= 11 is 6.22. The molecule has 12 heteroatoms. The maximum atomic E-state index is 12.9. The van der Waals surface area contributed by atoms with E-state index >= 15 is 0 Å². The Hall–Kier alpha value is -2.82. The smallest absolute Gasteiger partial charge is 0.391 e. The van der Waals surface area contributed by atoms with Crippen molar-refractivity contribution in [1.29, 1.82) is 0 Å². The zero-order chi connectivity index (χ0) is 25.2. The Morgan fingerprint density at radius 2 is 1.83 bits per heavy atom. The van der Waals surface area contributed by atoms with Gasteiger partial charge in [0.1, 0.15) is 0 Å². The van der Waals surface area contributed by atoms with Crippen LogP contribution in [0.5, 0.6) is 5.88 Å². The first kappa shape index (κ1) is 25.3. The van der Waals surface area contributed by atoms with Crippen LogP contribution in [0.1, 0.15) is 49.0 Å². The zero-order valence-corrected chi connectivity index (χ0v) is 20.0. The molecule has 0 bridgehead atoms. The topological polar surface area (TPSA) is 100 Å². The van der Waals surface area contributed by atoms with Crippen molar-refractivity contribution in [2.75, 3.05) is 20.2 Å². The monoisotopic (exact) mass is 513 g/mol. The fourth-order valence-corrected chi connectivity index (χ4v) is 4.90. The van der Waals surface area contributed by atoms with Gasteiger partial charge in [-0.3, -0.25) is 14.7 Å². The van der Waals surface area contributed by atoms with Crippen LogP contribution in [0.3, 0.4) is 0 Å². The van der Waals surface area contributed by atoms with Crippen LogP contribution in [0.25, 0.3) is 11.3 Å². The first-order valence-corrected chi connectivity index (χ1v) is 11.9. The molecule has 0 radical (unpaired) electrons. The summed E-state index contributed by atoms with van der Waals surface area (Å²) in [6.07, 6.45) is -0.976. The highest BCUT2D eigenvalue weighted by Crippen LogP contribution is 2.37. The van der Waals surface area contributed by atoms with E-state index in [2.05, 4.69) is 20.5 Å². The Labute approximate surface area is 205 Å². The van der Waals surface area contributed by atoms with E-state index < -0.39 is 12.1 Å². The number of alkyl halides is 3. The molecule has 190 valence electrons. The normalized spacial score (nSPS) is 21.6. The minimum Gasteiger partial charge on any atom is -0.481 e. The summed E-state index contributed by atoms with van der Waals surface area (Å²) in [5, 5.41) is 10.2. The second-order valence-electron chi connectivity index (χ2n) is 9.04. The average molecular weight is 514 g/mol. The highest BCUT2D eigenvalue weighted by atomic mass is 35.5. The van der Waals surface area contributed by atoms with Crippen LogP contribution in [0.2, 0.25) is 5.02 Å². The van der Waals surface area contributed by atoms with Gasteiger partial charge in [0.15, 0.2) is 5.69 Å². The van der Waals surface area contributed by atoms with Gasteiger partial charge in [-0.05, 0) is 44.6 Å². The minimum absolute atomic E-state index is 0.0462. The number of likely N-dealkylation sites (tertiary alicyclic amines) is 1. The SMILES string of the molecule is COc1cc(-c2cc(C(=O)N3CCC(C(=O)N[C@H]4CC[C@H](C(F)(F)F)CC4)CC3)n[nH]2)c(Cl)cn1. The quantitative estimate of drug-likeness (QED) is 0.623. The molecular formula is C23H27ClF3N5O3. The summed E-state index contributed by atoms with van der Waals surface area (Å²) in [5.41, 5.74) is 1.38. The van der Waals surface area contributed by atoms with Gasteiger partial charge in [-0.15, -0.1) is 0 Å². The lowest BCUT2D eigenvalue weighted by Crippen LogP contribution is -2.46. The predicted molar refractivity (Wildman–Crippen MR) is 122 cm³/mol. The zero-order valence-electron chi connectivity index (χ0n) is 19.2. The number of H-pyrrole nitrogens is 1. The number of nitrogens with zero attached hydrogens (tertiary/aromatic N) is 3. The standard InChI is InChI=1S/C23H27ClF3N5O3/c1-35-20-10-16(17(24)12-28-20)18-11-19(31-30-18)22(34)32-8-6-13(7-9-32)21(33)29-15-4-2-14(3-5-15)23(25,26)27/h10-15H,2-9H2,1H3,(H,29,33)(H,30,31)/t14-,15-. The minimum atomic E-state index is -4.17. The molecule has 0 aromatic carbocycles. The molecule has 1 saturated carbocycles. The molecule has 2 N–H and O–H groups in total. The van der Waals surface area contributed by atoms with E-state index in [-0.39, 0.29) is 42.3 Å². The number of piperidine rings is 1. The second kappa shape index (κ2) is 10.4. The van der Waals surface area contributed by atoms with Crippen molar-refractivity contribution in [3.63, 3.8) is 0 Å². The lowest BCUT2D eigenvalue weighted by molar-refractivity contribution is -0.182. The van der Waals surface area contributed by atoms with E-state index in [1.54, 1.807) is 17.0 Å². The third-order valence-corrected chi connectivity index (χ3v) is 7.12. The number of hydrogen-bond donors (Lipinski definition) is 2. The predicted octanol–water partition coefficient (Wildman–Crippen LogP) is 4.22. The van der Waals surface area contributed by atoms with Crippen LogP contribution in [0, 0.1) is 11.8 Å². The number of ether oxygens (including phenoxy) is 1. The average Bonchev–Trinajstić information content (AvgIpc) is 3.34. The maximum Gasteiger partial charge on any atom is 0.391 e. The van der Waals surface area contributed by atoms with Crippen LogP contribution < -0.4 is 10.1 Å². The van der Waals surface area contributed by atoms with Gasteiger partial charge in [-0.25, -0.2) is 4.98 Å². The molecule has 2 aromatic rings. The van der Waals surface area contributed by atoms with Crippen LogP contribution in [-0.4, -0.2) is 64.3 Å². The van der Waals surface area contributed by atoms with Gasteiger partial charge in [0.05, 0.1) is 29.9 Å². The van der Waals surface area contributed by atoms with Gasteiger partial charge in [0, 0.05) is 36.7 Å². The Kier molecular flexibility index (Phi) is 7.53. The summed E-state index contributed by atoms with van der Waals surface area (Å²) in [5.74, 6) is -1.56. The van der Waals surface area contributed by atoms with Crippen LogP contribution in [-0.2, 0) is 4.79 Å². The van der Waals surface area contributed by atoms with Crippen molar-refractivity contribution in [1.82, 2.24) is 25.4 Å². The lowest BCUT2D eigenvalue weighted by atomic mass is 9.85. The van der Waals surface area contributed by atoms with E-state index in [0.717, 1.165) is 0 Å². The summed E-state index contributed by atoms with van der Waals surface area (Å²) in [4.78, 5) is 31.3. The van der Waals surface area contributed by atoms with E-state index in [4.69, 9.17) is 16.3 Å². The Bertz CT molecular complexity index is 1060. The number of aromatic amines is 1. The fraction of sp³-hybridized carbons (Fsp3) is 0.565. The summed E-state index contributed by atoms with van der Waals surface area (Å²) in [7, 11) is 1.49. The van der Waals surface area contributed by atoms with Crippen molar-refractivity contribution in [3.8, 4) is 17.1 Å². The molecule has 0 spiro atoms. The van der Waals surface area contributed by atoms with Crippen molar-refractivity contribution in [2.45, 2.75) is 50.7 Å². The number of amides is 2. The molecule has 1 aliphatic heterocycles. The number of carbonyl (C=O) groups is 2. The highest BCUT2D eigenvalue weighted by molar-refractivity contribution is 6.33. The van der Waals surface area contributed by atoms with Crippen molar-refractivity contribution >= 4 is 23.4 Å². The molecule has 2 fully saturated rings. The van der Waals surface area contributed by atoms with Gasteiger partial charge in [-0.1, -0.05) is 11.6 Å². The molecule has 0 unspecified atom stereocenters. The van der Waals surface area contributed by atoms with Gasteiger partial charge in [-0.2, -0.15) is 18.3 Å². The number of pyridine rings is 1. The molecule has 2 aliphatic rings. The molecular weight excluding hydrogens is 487 g/mol. The fourth-order valence-electron chi connectivity index (χ4n) is 4.70. The number of nitrogens with one attached hydrogen (secondary N) is 2. The summed E-state index contributed by atoms with van der Waals surface area (Å²) in [6, 6.07) is 3.03. The van der Waals surface area contributed by atoms with Gasteiger partial charge >= 0.3 is 6.18 Å². The van der Waals surface area contributed by atoms with E-state index in [0.29, 0.717) is 60.9 Å². The van der Waals surface area contributed by atoms with Crippen molar-refractivity contribution in [3.05, 3.63) is 29.0 Å². The number of methoxy groups -OCH3 is 1. The number of aromatic nitrogens is 3. The van der Waals surface area contributed by atoms with Gasteiger partial charge in [0.25, 0.3) is 5.91 Å². The second-order valence-corrected chi connectivity index (χ2v) is 9.45. The highest BCUT2D eigenvalue weighted by Gasteiger charge is 2.42. The molecule has 4 rings (SSSR count). The first-order chi connectivity index (χ1) is 16.7. The van der Waals surface area contributed by atoms with Crippen molar-refractivity contribution < 1.29 is 27.5 Å². The largest absolute Gasteiger partial charge is 0.481 e. The van der Waals surface area contributed by atoms with E-state index in [1.807, 2.05) is 0 Å². The number of hydrogen-bond acceptors (Lipinski definition) is 5. The molecule has 2 amide bonds. The van der Waals surface area contributed by atoms with E-state index in [9.17, 15) is 22.8 Å². The molecule has 1 saturated heterocycles. The van der Waals surface area contributed by atoms with Crippen LogP contribution in [0.15, 0.2) is 18.3 Å². The number of rotatable bonds is 5. The number of halogens is 4. The summed E-state index contributed by atoms with van der Waals surface area (Å²) in [6.45, 7) is 0.785. The van der Waals surface area contributed by atoms with Crippen LogP contribution in [0.4, 0.5) is 13.2 Å². The third kappa shape index (κ3) is 5.88. The van der Waals surface area contributed by atoms with Gasteiger partial charge in [0.2, 0.25) is 11.8 Å². The first-order valence-electron chi connectivity index (χ1n) is 11.6. The summed E-state index contributed by atoms with van der Waals surface area (Å²) < 4.78 is 43.6. The Morgan fingerprint density at radius 1 is 1.14 bits per heavy atom.